The molecule has 3 fully saturated rings. The highest BCUT2D eigenvalue weighted by Crippen LogP contribution is 2.44. The second kappa shape index (κ2) is 4.61. The van der Waals surface area contributed by atoms with E-state index in [1.807, 2.05) is 11.0 Å². The van der Waals surface area contributed by atoms with Gasteiger partial charge in [-0.3, -0.25) is 4.79 Å². The summed E-state index contributed by atoms with van der Waals surface area (Å²) in [6.45, 7) is 6.32. The average Bonchev–Trinajstić information content (AvgIpc) is 3.20. The lowest BCUT2D eigenvalue weighted by Gasteiger charge is -2.55. The molecule has 6 heteroatoms. The van der Waals surface area contributed by atoms with Crippen LogP contribution in [0.3, 0.4) is 0 Å². The lowest BCUT2D eigenvalue weighted by molar-refractivity contribution is -0.127. The highest BCUT2D eigenvalue weighted by atomic mass is 35.5. The van der Waals surface area contributed by atoms with Gasteiger partial charge in [-0.05, 0) is 37.3 Å². The molecule has 1 aromatic heterocycles. The van der Waals surface area contributed by atoms with Crippen LogP contribution in [-0.4, -0.2) is 48.1 Å². The Balaban J connectivity index is 1.46. The smallest absolute Gasteiger partial charge is 0.258 e. The lowest BCUT2D eigenvalue weighted by atomic mass is 9.78. The third-order valence-corrected chi connectivity index (χ3v) is 6.02. The first-order valence-corrected chi connectivity index (χ1v) is 8.77. The van der Waals surface area contributed by atoms with Crippen LogP contribution in [0.15, 0.2) is 6.07 Å². The molecule has 0 aromatic carbocycles. The van der Waals surface area contributed by atoms with Gasteiger partial charge >= 0.3 is 0 Å². The number of aromatic nitrogens is 1. The number of fused-ring (bicyclic) bond motifs is 1. The number of anilines is 1. The Morgan fingerprint density at radius 1 is 1.39 bits per heavy atom. The van der Waals surface area contributed by atoms with Gasteiger partial charge in [-0.2, -0.15) is 0 Å². The second-order valence-corrected chi connectivity index (χ2v) is 8.05. The molecule has 3 aliphatic heterocycles. The number of rotatable bonds is 3. The molecule has 0 N–H and O–H groups in total. The van der Waals surface area contributed by atoms with Gasteiger partial charge in [0.1, 0.15) is 11.0 Å². The van der Waals surface area contributed by atoms with E-state index < -0.39 is 0 Å². The largest absolute Gasteiger partial charge is 0.380 e. The van der Waals surface area contributed by atoms with Gasteiger partial charge in [0.15, 0.2) is 0 Å². The molecule has 0 unspecified atom stereocenters. The van der Waals surface area contributed by atoms with Crippen LogP contribution in [0.1, 0.15) is 35.7 Å². The van der Waals surface area contributed by atoms with Gasteiger partial charge in [-0.25, -0.2) is 4.98 Å². The van der Waals surface area contributed by atoms with Crippen molar-refractivity contribution in [2.45, 2.75) is 32.4 Å². The number of hydrogen-bond acceptors (Lipinski definition) is 4. The predicted octanol–water partition coefficient (Wildman–Crippen LogP) is 2.33. The molecule has 1 atom stereocenters. The monoisotopic (exact) mass is 333 g/mol. The summed E-state index contributed by atoms with van der Waals surface area (Å²) in [4.78, 5) is 21.7. The molecular formula is C17H20ClN3O2. The Hall–Kier alpha value is -1.33. The molecule has 122 valence electrons. The zero-order chi connectivity index (χ0) is 15.8. The molecule has 1 amide bonds. The van der Waals surface area contributed by atoms with Crippen molar-refractivity contribution in [3.05, 3.63) is 22.3 Å². The normalized spacial score (nSPS) is 26.1. The van der Waals surface area contributed by atoms with Gasteiger partial charge in [-0.1, -0.05) is 11.6 Å². The quantitative estimate of drug-likeness (QED) is 0.796. The van der Waals surface area contributed by atoms with Crippen molar-refractivity contribution < 1.29 is 9.53 Å². The molecule has 2 saturated heterocycles. The third kappa shape index (κ3) is 2.02. The summed E-state index contributed by atoms with van der Waals surface area (Å²) in [5, 5.41) is 0.485. The van der Waals surface area contributed by atoms with Crippen LogP contribution in [0, 0.1) is 11.3 Å². The molecule has 4 heterocycles. The summed E-state index contributed by atoms with van der Waals surface area (Å²) in [5.41, 5.74) is 2.10. The van der Waals surface area contributed by atoms with E-state index in [1.54, 1.807) is 0 Å². The number of hydrogen-bond donors (Lipinski definition) is 0. The molecule has 1 aromatic rings. The summed E-state index contributed by atoms with van der Waals surface area (Å²) >= 11 is 6.23. The summed E-state index contributed by atoms with van der Waals surface area (Å²) in [5.74, 6) is 1.57. The van der Waals surface area contributed by atoms with Crippen LogP contribution in [-0.2, 0) is 11.3 Å². The average molecular weight is 334 g/mol. The Morgan fingerprint density at radius 2 is 2.13 bits per heavy atom. The molecule has 1 aliphatic carbocycles. The molecule has 5 nitrogen and oxygen atoms in total. The van der Waals surface area contributed by atoms with Gasteiger partial charge in [0.05, 0.1) is 24.2 Å². The Morgan fingerprint density at radius 3 is 2.74 bits per heavy atom. The van der Waals surface area contributed by atoms with Crippen LogP contribution in [0.5, 0.6) is 0 Å². The highest BCUT2D eigenvalue weighted by Gasteiger charge is 2.51. The zero-order valence-corrected chi connectivity index (χ0v) is 14.0. The maximum atomic E-state index is 13.0. The Bertz CT molecular complexity index is 691. The summed E-state index contributed by atoms with van der Waals surface area (Å²) in [6, 6.07) is 2.17. The fourth-order valence-electron chi connectivity index (χ4n) is 4.18. The van der Waals surface area contributed by atoms with Crippen LogP contribution in [0.25, 0.3) is 0 Å². The van der Waals surface area contributed by atoms with Crippen molar-refractivity contribution in [3.8, 4) is 0 Å². The summed E-state index contributed by atoms with van der Waals surface area (Å²) in [7, 11) is 0. The molecule has 0 bridgehead atoms. The van der Waals surface area contributed by atoms with E-state index in [-0.39, 0.29) is 5.91 Å². The minimum absolute atomic E-state index is 0.129. The third-order valence-electron chi connectivity index (χ3n) is 5.83. The van der Waals surface area contributed by atoms with E-state index in [1.165, 1.54) is 12.8 Å². The summed E-state index contributed by atoms with van der Waals surface area (Å²) in [6.07, 6.45) is 2.48. The Labute approximate surface area is 140 Å². The molecule has 4 aliphatic rings. The standard InChI is InChI=1S/C17H20ClN3O2/c1-10(11-2-3-11)21-5-12-4-13(18)19-15(14(12)16(21)22)20-6-17(7-20)8-23-9-17/h4,10-11H,2-3,5-9H2,1H3/t10-/m0/s1. The number of carbonyl (C=O) groups is 1. The Kier molecular flexibility index (Phi) is 2.81. The maximum absolute atomic E-state index is 13.0. The van der Waals surface area contributed by atoms with Gasteiger partial charge < -0.3 is 14.5 Å². The number of carbonyl (C=O) groups excluding carboxylic acids is 1. The number of halogens is 1. The fraction of sp³-hybridized carbons (Fsp3) is 0.647. The first-order valence-electron chi connectivity index (χ1n) is 8.39. The minimum atomic E-state index is 0.129. The number of ether oxygens (including phenoxy) is 1. The van der Waals surface area contributed by atoms with Gasteiger partial charge in [0, 0.05) is 25.7 Å². The van der Waals surface area contributed by atoms with Crippen LogP contribution < -0.4 is 4.90 Å². The zero-order valence-electron chi connectivity index (χ0n) is 13.2. The van der Waals surface area contributed by atoms with Crippen molar-refractivity contribution in [2.75, 3.05) is 31.2 Å². The van der Waals surface area contributed by atoms with Gasteiger partial charge in [0.25, 0.3) is 5.91 Å². The van der Waals surface area contributed by atoms with Crippen molar-refractivity contribution in [2.24, 2.45) is 11.3 Å². The minimum Gasteiger partial charge on any atom is -0.380 e. The molecule has 5 rings (SSSR count). The number of amides is 1. The lowest BCUT2D eigenvalue weighted by Crippen LogP contribution is -2.66. The van der Waals surface area contributed by atoms with E-state index in [0.717, 1.165) is 43.2 Å². The molecular weight excluding hydrogens is 314 g/mol. The van der Waals surface area contributed by atoms with Gasteiger partial charge in [0.2, 0.25) is 0 Å². The molecule has 1 saturated carbocycles. The van der Waals surface area contributed by atoms with E-state index in [9.17, 15) is 4.79 Å². The number of pyridine rings is 1. The fourth-order valence-corrected chi connectivity index (χ4v) is 4.39. The SMILES string of the molecule is C[C@@H](C1CC1)N1Cc2cc(Cl)nc(N3CC4(COC4)C3)c2C1=O. The van der Waals surface area contributed by atoms with E-state index >= 15 is 0 Å². The predicted molar refractivity (Wildman–Crippen MR) is 86.8 cm³/mol. The van der Waals surface area contributed by atoms with Crippen LogP contribution >= 0.6 is 11.6 Å². The van der Waals surface area contributed by atoms with Crippen molar-refractivity contribution in [1.82, 2.24) is 9.88 Å². The highest BCUT2D eigenvalue weighted by molar-refractivity contribution is 6.29. The number of nitrogens with zero attached hydrogens (tertiary/aromatic N) is 3. The maximum Gasteiger partial charge on any atom is 0.258 e. The van der Waals surface area contributed by atoms with Crippen LogP contribution in [0.2, 0.25) is 5.15 Å². The molecule has 1 spiro atoms. The van der Waals surface area contributed by atoms with E-state index in [4.69, 9.17) is 16.3 Å². The topological polar surface area (TPSA) is 45.7 Å². The van der Waals surface area contributed by atoms with Crippen molar-refractivity contribution >= 4 is 23.3 Å². The summed E-state index contributed by atoms with van der Waals surface area (Å²) < 4.78 is 5.34. The van der Waals surface area contributed by atoms with Crippen LogP contribution in [0.4, 0.5) is 5.82 Å². The van der Waals surface area contributed by atoms with Gasteiger partial charge in [-0.15, -0.1) is 0 Å². The van der Waals surface area contributed by atoms with E-state index in [2.05, 4.69) is 16.8 Å². The van der Waals surface area contributed by atoms with Crippen molar-refractivity contribution in [1.29, 1.82) is 0 Å². The first-order chi connectivity index (χ1) is 11.1. The first kappa shape index (κ1) is 14.1. The van der Waals surface area contributed by atoms with Crippen molar-refractivity contribution in [3.63, 3.8) is 0 Å². The molecule has 0 radical (unpaired) electrons. The van der Waals surface area contributed by atoms with E-state index in [0.29, 0.717) is 29.1 Å². The second-order valence-electron chi connectivity index (χ2n) is 7.66. The molecule has 23 heavy (non-hydrogen) atoms.